The number of aromatic nitrogens is 2. The molecule has 0 spiro atoms. The standard InChI is InChI=1S/C30H33N5O3S/c36-30-26-13-5-4-12-25(26)22-34(30)17-9-8-16-32-18-20-33(21-19-32)29-27-14-6-7-15-28(27)35(31-29)39(37,38)23-24-10-2-1-3-11-24/h1-7,10-15H,8-9,16-23H2. The number of nitrogens with zero attached hydrogens (tertiary/aromatic N) is 5. The molecule has 9 heteroatoms. The molecule has 1 fully saturated rings. The Bertz CT molecular complexity index is 1580. The monoisotopic (exact) mass is 543 g/mol. The summed E-state index contributed by atoms with van der Waals surface area (Å²) in [4.78, 5) is 19.2. The van der Waals surface area contributed by atoms with Crippen molar-refractivity contribution >= 4 is 32.7 Å². The Morgan fingerprint density at radius 3 is 2.26 bits per heavy atom. The topological polar surface area (TPSA) is 78.8 Å². The number of para-hydroxylation sites is 1. The Kier molecular flexibility index (Phi) is 7.10. The van der Waals surface area contributed by atoms with E-state index in [-0.39, 0.29) is 11.7 Å². The van der Waals surface area contributed by atoms with E-state index < -0.39 is 10.0 Å². The van der Waals surface area contributed by atoms with E-state index in [1.54, 1.807) is 0 Å². The first kappa shape index (κ1) is 25.6. The Morgan fingerprint density at radius 1 is 0.769 bits per heavy atom. The van der Waals surface area contributed by atoms with Crippen molar-refractivity contribution in [1.82, 2.24) is 19.0 Å². The number of amides is 1. The summed E-state index contributed by atoms with van der Waals surface area (Å²) in [5.41, 5.74) is 3.33. The van der Waals surface area contributed by atoms with E-state index in [1.807, 2.05) is 83.8 Å². The molecule has 2 aliphatic heterocycles. The quantitative estimate of drug-likeness (QED) is 0.297. The van der Waals surface area contributed by atoms with Crippen molar-refractivity contribution in [3.63, 3.8) is 0 Å². The van der Waals surface area contributed by atoms with Gasteiger partial charge in [-0.25, -0.2) is 8.42 Å². The van der Waals surface area contributed by atoms with Gasteiger partial charge in [0.1, 0.15) is 0 Å². The molecular formula is C30H33N5O3S. The maximum Gasteiger partial charge on any atom is 0.258 e. The average molecular weight is 544 g/mol. The van der Waals surface area contributed by atoms with Gasteiger partial charge in [-0.1, -0.05) is 60.7 Å². The molecule has 0 saturated carbocycles. The largest absolute Gasteiger partial charge is 0.352 e. The van der Waals surface area contributed by atoms with Gasteiger partial charge in [0, 0.05) is 50.2 Å². The van der Waals surface area contributed by atoms with E-state index in [4.69, 9.17) is 0 Å². The van der Waals surface area contributed by atoms with Gasteiger partial charge in [0.2, 0.25) is 0 Å². The van der Waals surface area contributed by atoms with Crippen molar-refractivity contribution in [3.05, 3.63) is 95.6 Å². The van der Waals surface area contributed by atoms with E-state index in [1.165, 1.54) is 4.09 Å². The van der Waals surface area contributed by atoms with Crippen LogP contribution in [0.3, 0.4) is 0 Å². The van der Waals surface area contributed by atoms with E-state index in [9.17, 15) is 13.2 Å². The maximum absolute atomic E-state index is 13.3. The van der Waals surface area contributed by atoms with E-state index >= 15 is 0 Å². The average Bonchev–Trinajstić information content (AvgIpc) is 3.51. The fraction of sp³-hybridized carbons (Fsp3) is 0.333. The van der Waals surface area contributed by atoms with Crippen LogP contribution in [0.25, 0.3) is 10.9 Å². The third kappa shape index (κ3) is 5.29. The van der Waals surface area contributed by atoms with Crippen LogP contribution in [-0.2, 0) is 22.3 Å². The van der Waals surface area contributed by atoms with Gasteiger partial charge in [0.05, 0.1) is 11.3 Å². The number of unbranched alkanes of at least 4 members (excludes halogenated alkanes) is 1. The minimum absolute atomic E-state index is 0.0954. The van der Waals surface area contributed by atoms with Crippen LogP contribution in [0.15, 0.2) is 78.9 Å². The van der Waals surface area contributed by atoms with Crippen molar-refractivity contribution in [1.29, 1.82) is 0 Å². The molecule has 3 aromatic carbocycles. The summed E-state index contributed by atoms with van der Waals surface area (Å²) in [5, 5.41) is 5.51. The first-order chi connectivity index (χ1) is 19.0. The number of piperazine rings is 1. The summed E-state index contributed by atoms with van der Waals surface area (Å²) in [7, 11) is -3.67. The number of hydrogen-bond donors (Lipinski definition) is 0. The number of benzene rings is 3. The van der Waals surface area contributed by atoms with Gasteiger partial charge < -0.3 is 9.80 Å². The van der Waals surface area contributed by atoms with Crippen LogP contribution in [0.2, 0.25) is 0 Å². The normalized spacial score (nSPS) is 16.3. The van der Waals surface area contributed by atoms with E-state index in [2.05, 4.69) is 14.9 Å². The lowest BCUT2D eigenvalue weighted by Crippen LogP contribution is -2.47. The van der Waals surface area contributed by atoms with Crippen LogP contribution in [0.4, 0.5) is 5.82 Å². The highest BCUT2D eigenvalue weighted by Gasteiger charge is 2.27. The van der Waals surface area contributed by atoms with Gasteiger partial charge in [0.25, 0.3) is 15.9 Å². The predicted octanol–water partition coefficient (Wildman–Crippen LogP) is 3.97. The number of carbonyl (C=O) groups is 1. The van der Waals surface area contributed by atoms with Crippen LogP contribution in [-0.4, -0.2) is 72.6 Å². The number of anilines is 1. The molecule has 2 aliphatic rings. The Labute approximate surface area is 229 Å². The lowest BCUT2D eigenvalue weighted by molar-refractivity contribution is 0.0774. The van der Waals surface area contributed by atoms with Gasteiger partial charge in [0.15, 0.2) is 5.82 Å². The number of hydrogen-bond acceptors (Lipinski definition) is 6. The van der Waals surface area contributed by atoms with Crippen molar-refractivity contribution < 1.29 is 13.2 Å². The van der Waals surface area contributed by atoms with Crippen molar-refractivity contribution in [3.8, 4) is 0 Å². The highest BCUT2D eigenvalue weighted by Crippen LogP contribution is 2.29. The molecule has 202 valence electrons. The molecule has 1 aromatic heterocycles. The fourth-order valence-corrected chi connectivity index (χ4v) is 7.03. The lowest BCUT2D eigenvalue weighted by Gasteiger charge is -2.35. The molecule has 4 aromatic rings. The molecule has 0 unspecified atom stereocenters. The highest BCUT2D eigenvalue weighted by molar-refractivity contribution is 7.89. The molecule has 8 nitrogen and oxygen atoms in total. The summed E-state index contributed by atoms with van der Waals surface area (Å²) in [6.07, 6.45) is 2.02. The third-order valence-electron chi connectivity index (χ3n) is 7.71. The molecule has 1 amide bonds. The number of carbonyl (C=O) groups excluding carboxylic acids is 1. The predicted molar refractivity (Wildman–Crippen MR) is 153 cm³/mol. The molecule has 0 atom stereocenters. The first-order valence-electron chi connectivity index (χ1n) is 13.6. The summed E-state index contributed by atoms with van der Waals surface area (Å²) in [5.74, 6) is 0.785. The molecule has 3 heterocycles. The zero-order chi connectivity index (χ0) is 26.8. The SMILES string of the molecule is O=C1c2ccccc2CN1CCCCN1CCN(c2nn(S(=O)(=O)Cc3ccccc3)c3ccccc23)CC1. The van der Waals surface area contributed by atoms with E-state index in [0.29, 0.717) is 5.52 Å². The van der Waals surface area contributed by atoms with Crippen molar-refractivity contribution in [2.24, 2.45) is 0 Å². The summed E-state index contributed by atoms with van der Waals surface area (Å²) < 4.78 is 27.9. The Hall–Kier alpha value is -3.69. The van der Waals surface area contributed by atoms with Crippen LogP contribution < -0.4 is 4.90 Å². The van der Waals surface area contributed by atoms with E-state index in [0.717, 1.165) is 86.5 Å². The number of fused-ring (bicyclic) bond motifs is 2. The van der Waals surface area contributed by atoms with Gasteiger partial charge in [-0.2, -0.15) is 4.09 Å². The van der Waals surface area contributed by atoms with Crippen molar-refractivity contribution in [2.45, 2.75) is 25.1 Å². The van der Waals surface area contributed by atoms with Gasteiger partial charge in [-0.05, 0) is 48.7 Å². The maximum atomic E-state index is 13.3. The lowest BCUT2D eigenvalue weighted by atomic mass is 10.1. The van der Waals surface area contributed by atoms with Crippen molar-refractivity contribution in [2.75, 3.05) is 44.2 Å². The molecule has 0 N–H and O–H groups in total. The molecule has 0 aliphatic carbocycles. The minimum atomic E-state index is -3.67. The third-order valence-corrected chi connectivity index (χ3v) is 9.22. The molecule has 6 rings (SSSR count). The Balaban J connectivity index is 1.05. The zero-order valence-electron chi connectivity index (χ0n) is 21.9. The Morgan fingerprint density at radius 2 is 1.46 bits per heavy atom. The smallest absolute Gasteiger partial charge is 0.258 e. The second-order valence-electron chi connectivity index (χ2n) is 10.3. The van der Waals surface area contributed by atoms with Crippen LogP contribution in [0, 0.1) is 0 Å². The van der Waals surface area contributed by atoms with Gasteiger partial charge in [-0.3, -0.25) is 9.69 Å². The fourth-order valence-electron chi connectivity index (χ4n) is 5.63. The minimum Gasteiger partial charge on any atom is -0.352 e. The molecular weight excluding hydrogens is 510 g/mol. The number of rotatable bonds is 9. The van der Waals surface area contributed by atoms with Gasteiger partial charge in [-0.15, -0.1) is 5.10 Å². The summed E-state index contributed by atoms with van der Waals surface area (Å²) in [6, 6.07) is 24.7. The van der Waals surface area contributed by atoms with Crippen LogP contribution in [0.5, 0.6) is 0 Å². The molecule has 0 radical (unpaired) electrons. The zero-order valence-corrected chi connectivity index (χ0v) is 22.8. The van der Waals surface area contributed by atoms with Crippen LogP contribution >= 0.6 is 0 Å². The molecule has 0 bridgehead atoms. The first-order valence-corrected chi connectivity index (χ1v) is 15.2. The second kappa shape index (κ2) is 10.8. The van der Waals surface area contributed by atoms with Crippen LogP contribution in [0.1, 0.15) is 34.3 Å². The summed E-state index contributed by atoms with van der Waals surface area (Å²) in [6.45, 7) is 5.87. The van der Waals surface area contributed by atoms with Gasteiger partial charge >= 0.3 is 0 Å². The molecule has 1 saturated heterocycles. The second-order valence-corrected chi connectivity index (χ2v) is 12.1. The highest BCUT2D eigenvalue weighted by atomic mass is 32.2. The summed E-state index contributed by atoms with van der Waals surface area (Å²) >= 11 is 0. The molecule has 39 heavy (non-hydrogen) atoms.